The van der Waals surface area contributed by atoms with Crippen LogP contribution in [0.4, 0.5) is 0 Å². The summed E-state index contributed by atoms with van der Waals surface area (Å²) in [4.78, 5) is 16.4. The highest BCUT2D eigenvalue weighted by Gasteiger charge is 2.33. The van der Waals surface area contributed by atoms with Gasteiger partial charge in [0.1, 0.15) is 0 Å². The Hall–Kier alpha value is -0.610. The average molecular weight is 256 g/mol. The zero-order valence-electron chi connectivity index (χ0n) is 12.4. The van der Waals surface area contributed by atoms with E-state index in [1.165, 1.54) is 0 Å². The van der Waals surface area contributed by atoms with Crippen LogP contribution in [0.1, 0.15) is 47.0 Å². The minimum atomic E-state index is -0.291. The highest BCUT2D eigenvalue weighted by atomic mass is 16.3. The third kappa shape index (κ3) is 3.69. The van der Waals surface area contributed by atoms with Gasteiger partial charge in [-0.05, 0) is 53.5 Å². The highest BCUT2D eigenvalue weighted by molar-refractivity contribution is 5.81. The molecule has 0 radical (unpaired) electrons. The molecular formula is C14H28N2O2. The Morgan fingerprint density at radius 3 is 2.50 bits per heavy atom. The third-order valence-electron chi connectivity index (χ3n) is 4.01. The number of likely N-dealkylation sites (N-methyl/N-ethyl adjacent to an activating group) is 1. The second-order valence-corrected chi connectivity index (χ2v) is 5.84. The van der Waals surface area contributed by atoms with Crippen LogP contribution in [0.2, 0.25) is 0 Å². The van der Waals surface area contributed by atoms with Crippen molar-refractivity contribution >= 4 is 5.91 Å². The largest absolute Gasteiger partial charge is 0.393 e. The van der Waals surface area contributed by atoms with Gasteiger partial charge in [-0.25, -0.2) is 0 Å². The summed E-state index contributed by atoms with van der Waals surface area (Å²) >= 11 is 0. The number of rotatable bonds is 5. The minimum Gasteiger partial charge on any atom is -0.393 e. The monoisotopic (exact) mass is 256 g/mol. The minimum absolute atomic E-state index is 0.0800. The van der Waals surface area contributed by atoms with Crippen molar-refractivity contribution in [2.24, 2.45) is 0 Å². The molecule has 1 heterocycles. The molecule has 106 valence electrons. The fourth-order valence-corrected chi connectivity index (χ4v) is 2.71. The normalized spacial score (nSPS) is 24.3. The molecule has 4 heteroatoms. The van der Waals surface area contributed by atoms with Crippen LogP contribution < -0.4 is 0 Å². The molecule has 1 fully saturated rings. The van der Waals surface area contributed by atoms with Crippen molar-refractivity contribution in [1.82, 2.24) is 9.80 Å². The van der Waals surface area contributed by atoms with Gasteiger partial charge in [0.2, 0.25) is 5.91 Å². The van der Waals surface area contributed by atoms with Crippen molar-refractivity contribution in [3.63, 3.8) is 0 Å². The molecular weight excluding hydrogens is 228 g/mol. The van der Waals surface area contributed by atoms with Crippen LogP contribution in [-0.4, -0.2) is 58.6 Å². The van der Waals surface area contributed by atoms with E-state index < -0.39 is 0 Å². The van der Waals surface area contributed by atoms with E-state index in [0.29, 0.717) is 6.04 Å². The first-order valence-corrected chi connectivity index (χ1v) is 7.05. The van der Waals surface area contributed by atoms with Crippen molar-refractivity contribution in [2.45, 2.75) is 71.2 Å². The van der Waals surface area contributed by atoms with Crippen molar-refractivity contribution in [1.29, 1.82) is 0 Å². The van der Waals surface area contributed by atoms with Crippen LogP contribution in [0.3, 0.4) is 0 Å². The molecule has 0 aromatic heterocycles. The maximum Gasteiger partial charge on any atom is 0.239 e. The lowest BCUT2D eigenvalue weighted by molar-refractivity contribution is -0.137. The van der Waals surface area contributed by atoms with E-state index in [-0.39, 0.29) is 24.1 Å². The first-order chi connectivity index (χ1) is 8.34. The molecule has 0 bridgehead atoms. The standard InChI is InChI=1S/C14H28N2O2/c1-10(2)15(5)14(18)12(4)16-8-6-7-13(16)9-11(3)17/h10-13,17H,6-9H2,1-5H3. The van der Waals surface area contributed by atoms with E-state index in [1.807, 2.05) is 39.6 Å². The lowest BCUT2D eigenvalue weighted by Gasteiger charge is -2.34. The fraction of sp³-hybridized carbons (Fsp3) is 0.929. The summed E-state index contributed by atoms with van der Waals surface area (Å²) in [5, 5.41) is 9.53. The summed E-state index contributed by atoms with van der Waals surface area (Å²) in [5.74, 6) is 0.183. The molecule has 0 aromatic carbocycles. The maximum absolute atomic E-state index is 12.3. The molecule has 1 N–H and O–H groups in total. The number of hydrogen-bond acceptors (Lipinski definition) is 3. The Labute approximate surface area is 111 Å². The Kier molecular flexibility index (Phi) is 5.60. The van der Waals surface area contributed by atoms with Gasteiger partial charge in [-0.2, -0.15) is 0 Å². The summed E-state index contributed by atoms with van der Waals surface area (Å²) in [6.45, 7) is 8.84. The Morgan fingerprint density at radius 1 is 1.39 bits per heavy atom. The van der Waals surface area contributed by atoms with Gasteiger partial charge in [-0.3, -0.25) is 9.69 Å². The van der Waals surface area contributed by atoms with E-state index in [1.54, 1.807) is 0 Å². The number of aliphatic hydroxyl groups excluding tert-OH is 1. The van der Waals surface area contributed by atoms with Gasteiger partial charge in [0.25, 0.3) is 0 Å². The van der Waals surface area contributed by atoms with Gasteiger partial charge in [0.05, 0.1) is 12.1 Å². The van der Waals surface area contributed by atoms with Crippen LogP contribution >= 0.6 is 0 Å². The predicted octanol–water partition coefficient (Wildman–Crippen LogP) is 1.48. The van der Waals surface area contributed by atoms with E-state index >= 15 is 0 Å². The molecule has 1 rings (SSSR count). The molecule has 3 atom stereocenters. The second-order valence-electron chi connectivity index (χ2n) is 5.84. The highest BCUT2D eigenvalue weighted by Crippen LogP contribution is 2.24. The van der Waals surface area contributed by atoms with Gasteiger partial charge in [-0.15, -0.1) is 0 Å². The van der Waals surface area contributed by atoms with E-state index in [2.05, 4.69) is 4.90 Å². The van der Waals surface area contributed by atoms with Crippen LogP contribution in [-0.2, 0) is 4.79 Å². The topological polar surface area (TPSA) is 43.8 Å². The van der Waals surface area contributed by atoms with E-state index in [9.17, 15) is 9.90 Å². The molecule has 4 nitrogen and oxygen atoms in total. The third-order valence-corrected chi connectivity index (χ3v) is 4.01. The maximum atomic E-state index is 12.3. The number of hydrogen-bond donors (Lipinski definition) is 1. The van der Waals surface area contributed by atoms with Crippen LogP contribution in [0, 0.1) is 0 Å². The zero-order chi connectivity index (χ0) is 13.9. The molecule has 1 amide bonds. The molecule has 0 aliphatic carbocycles. The molecule has 1 saturated heterocycles. The van der Waals surface area contributed by atoms with Crippen LogP contribution in [0.15, 0.2) is 0 Å². The summed E-state index contributed by atoms with van der Waals surface area (Å²) in [6.07, 6.45) is 2.69. The smallest absolute Gasteiger partial charge is 0.239 e. The summed E-state index contributed by atoms with van der Waals surface area (Å²) in [6, 6.07) is 0.505. The molecule has 0 spiro atoms. The van der Waals surface area contributed by atoms with Crippen LogP contribution in [0.25, 0.3) is 0 Å². The van der Waals surface area contributed by atoms with Gasteiger partial charge in [0, 0.05) is 19.1 Å². The van der Waals surface area contributed by atoms with E-state index in [4.69, 9.17) is 0 Å². The summed E-state index contributed by atoms with van der Waals surface area (Å²) < 4.78 is 0. The number of likely N-dealkylation sites (tertiary alicyclic amines) is 1. The summed E-state index contributed by atoms with van der Waals surface area (Å²) in [5.41, 5.74) is 0. The number of amides is 1. The van der Waals surface area contributed by atoms with Gasteiger partial charge >= 0.3 is 0 Å². The Bertz CT molecular complexity index is 279. The van der Waals surface area contributed by atoms with Crippen LogP contribution in [0.5, 0.6) is 0 Å². The molecule has 1 aliphatic heterocycles. The van der Waals surface area contributed by atoms with E-state index in [0.717, 1.165) is 25.8 Å². The van der Waals surface area contributed by atoms with Gasteiger partial charge in [0.15, 0.2) is 0 Å². The van der Waals surface area contributed by atoms with Crippen molar-refractivity contribution in [2.75, 3.05) is 13.6 Å². The second kappa shape index (κ2) is 6.53. The first kappa shape index (κ1) is 15.4. The number of carbonyl (C=O) groups excluding carboxylic acids is 1. The molecule has 0 saturated carbocycles. The number of aliphatic hydroxyl groups is 1. The first-order valence-electron chi connectivity index (χ1n) is 7.05. The lowest BCUT2D eigenvalue weighted by atomic mass is 10.1. The molecule has 18 heavy (non-hydrogen) atoms. The van der Waals surface area contributed by atoms with Crippen molar-refractivity contribution in [3.05, 3.63) is 0 Å². The van der Waals surface area contributed by atoms with Crippen molar-refractivity contribution in [3.8, 4) is 0 Å². The lowest BCUT2D eigenvalue weighted by Crippen LogP contribution is -2.49. The Balaban J connectivity index is 2.64. The molecule has 1 aliphatic rings. The molecule has 3 unspecified atom stereocenters. The van der Waals surface area contributed by atoms with Gasteiger partial charge in [-0.1, -0.05) is 0 Å². The predicted molar refractivity (Wildman–Crippen MR) is 73.4 cm³/mol. The van der Waals surface area contributed by atoms with Gasteiger partial charge < -0.3 is 10.0 Å². The average Bonchev–Trinajstić information content (AvgIpc) is 2.73. The quantitative estimate of drug-likeness (QED) is 0.810. The fourth-order valence-electron chi connectivity index (χ4n) is 2.71. The summed E-state index contributed by atoms with van der Waals surface area (Å²) in [7, 11) is 1.86. The zero-order valence-corrected chi connectivity index (χ0v) is 12.4. The molecule has 0 aromatic rings. The number of nitrogens with zero attached hydrogens (tertiary/aromatic N) is 2. The number of carbonyl (C=O) groups is 1. The Morgan fingerprint density at radius 2 is 2.00 bits per heavy atom. The SMILES string of the molecule is CC(O)CC1CCCN1C(C)C(=O)N(C)C(C)C. The van der Waals surface area contributed by atoms with Crippen molar-refractivity contribution < 1.29 is 9.90 Å².